The fraction of sp³-hybridized carbons (Fsp3) is 0.286. The van der Waals surface area contributed by atoms with Gasteiger partial charge in [-0.25, -0.2) is 9.37 Å². The zero-order chi connectivity index (χ0) is 14.5. The number of hydrogen-bond acceptors (Lipinski definition) is 4. The summed E-state index contributed by atoms with van der Waals surface area (Å²) in [5.41, 5.74) is 0. The molecule has 0 aliphatic heterocycles. The van der Waals surface area contributed by atoms with E-state index in [1.54, 1.807) is 13.0 Å². The van der Waals surface area contributed by atoms with Crippen molar-refractivity contribution in [3.63, 3.8) is 0 Å². The second-order valence-electron chi connectivity index (χ2n) is 4.22. The van der Waals surface area contributed by atoms with Crippen LogP contribution in [0.3, 0.4) is 0 Å². The lowest BCUT2D eigenvalue weighted by Gasteiger charge is -2.09. The molecule has 1 heterocycles. The average Bonchev–Trinajstić information content (AvgIpc) is 2.41. The van der Waals surface area contributed by atoms with Crippen LogP contribution in [0.5, 0.6) is 11.6 Å². The van der Waals surface area contributed by atoms with Crippen LogP contribution in [0.1, 0.15) is 19.2 Å². The third-order valence-corrected chi connectivity index (χ3v) is 2.50. The van der Waals surface area contributed by atoms with Crippen LogP contribution in [-0.2, 0) is 0 Å². The summed E-state index contributed by atoms with van der Waals surface area (Å²) in [6, 6.07) is 5.29. The first-order chi connectivity index (χ1) is 9.60. The molecule has 0 bridgehead atoms. The van der Waals surface area contributed by atoms with Crippen LogP contribution in [0, 0.1) is 18.6 Å². The molecular weight excluding hydrogens is 264 g/mol. The first kappa shape index (κ1) is 14.2. The van der Waals surface area contributed by atoms with Crippen LogP contribution in [-0.4, -0.2) is 16.5 Å². The minimum Gasteiger partial charge on any atom is -0.436 e. The number of anilines is 1. The van der Waals surface area contributed by atoms with Crippen LogP contribution in [0.2, 0.25) is 0 Å². The summed E-state index contributed by atoms with van der Waals surface area (Å²) < 4.78 is 31.9. The highest BCUT2D eigenvalue weighted by atomic mass is 19.2. The van der Waals surface area contributed by atoms with Gasteiger partial charge in [0.2, 0.25) is 11.7 Å². The van der Waals surface area contributed by atoms with E-state index in [0.717, 1.165) is 19.0 Å². The Bertz CT molecular complexity index is 605. The van der Waals surface area contributed by atoms with E-state index in [2.05, 4.69) is 15.3 Å². The molecule has 106 valence electrons. The van der Waals surface area contributed by atoms with Crippen molar-refractivity contribution in [1.82, 2.24) is 9.97 Å². The molecular formula is C14H15F2N3O. The summed E-state index contributed by atoms with van der Waals surface area (Å²) in [7, 11) is 0. The van der Waals surface area contributed by atoms with Crippen LogP contribution < -0.4 is 10.1 Å². The molecule has 0 atom stereocenters. The molecule has 2 aromatic rings. The van der Waals surface area contributed by atoms with Gasteiger partial charge in [0.05, 0.1) is 0 Å². The standard InChI is InChI=1S/C14H15F2N3O/c1-3-7-17-12-8-13(19-9(2)18-12)20-11-6-4-5-10(15)14(11)16/h4-6,8H,3,7H2,1-2H3,(H,17,18,19). The summed E-state index contributed by atoms with van der Waals surface area (Å²) in [4.78, 5) is 8.23. The highest BCUT2D eigenvalue weighted by Gasteiger charge is 2.11. The van der Waals surface area contributed by atoms with Gasteiger partial charge < -0.3 is 10.1 Å². The maximum absolute atomic E-state index is 13.5. The normalized spacial score (nSPS) is 10.4. The van der Waals surface area contributed by atoms with E-state index >= 15 is 0 Å². The van der Waals surface area contributed by atoms with Crippen molar-refractivity contribution in [1.29, 1.82) is 0 Å². The smallest absolute Gasteiger partial charge is 0.224 e. The van der Waals surface area contributed by atoms with E-state index in [0.29, 0.717) is 11.6 Å². The Balaban J connectivity index is 2.24. The van der Waals surface area contributed by atoms with E-state index in [-0.39, 0.29) is 11.6 Å². The van der Waals surface area contributed by atoms with E-state index < -0.39 is 11.6 Å². The number of hydrogen-bond donors (Lipinski definition) is 1. The fourth-order valence-electron chi connectivity index (χ4n) is 1.61. The van der Waals surface area contributed by atoms with Crippen molar-refractivity contribution < 1.29 is 13.5 Å². The second-order valence-corrected chi connectivity index (χ2v) is 4.22. The first-order valence-electron chi connectivity index (χ1n) is 6.31. The van der Waals surface area contributed by atoms with Crippen molar-refractivity contribution in [3.8, 4) is 11.6 Å². The molecule has 0 aliphatic rings. The number of halogens is 2. The quantitative estimate of drug-likeness (QED) is 0.907. The number of aromatic nitrogens is 2. The molecule has 0 spiro atoms. The maximum atomic E-state index is 13.5. The summed E-state index contributed by atoms with van der Waals surface area (Å²) in [6.45, 7) is 4.48. The average molecular weight is 279 g/mol. The largest absolute Gasteiger partial charge is 0.436 e. The minimum absolute atomic E-state index is 0.167. The zero-order valence-corrected chi connectivity index (χ0v) is 11.3. The van der Waals surface area contributed by atoms with Gasteiger partial charge >= 0.3 is 0 Å². The van der Waals surface area contributed by atoms with Crippen LogP contribution in [0.25, 0.3) is 0 Å². The lowest BCUT2D eigenvalue weighted by atomic mass is 10.3. The molecule has 0 aliphatic carbocycles. The van der Waals surface area contributed by atoms with Gasteiger partial charge in [-0.15, -0.1) is 0 Å². The maximum Gasteiger partial charge on any atom is 0.224 e. The van der Waals surface area contributed by atoms with Gasteiger partial charge in [0.25, 0.3) is 0 Å². The Morgan fingerprint density at radius 3 is 2.80 bits per heavy atom. The van der Waals surface area contributed by atoms with Crippen LogP contribution in [0.15, 0.2) is 24.3 Å². The molecule has 0 fully saturated rings. The SMILES string of the molecule is CCCNc1cc(Oc2cccc(F)c2F)nc(C)n1. The van der Waals surface area contributed by atoms with Gasteiger partial charge in [-0.1, -0.05) is 13.0 Å². The van der Waals surface area contributed by atoms with Gasteiger partial charge in [-0.05, 0) is 25.5 Å². The molecule has 1 aromatic heterocycles. The Kier molecular flexibility index (Phi) is 4.45. The number of aryl methyl sites for hydroxylation is 1. The monoisotopic (exact) mass is 279 g/mol. The fourth-order valence-corrected chi connectivity index (χ4v) is 1.61. The molecule has 6 heteroatoms. The summed E-state index contributed by atoms with van der Waals surface area (Å²) in [5.74, 6) is -0.960. The predicted molar refractivity (Wildman–Crippen MR) is 72.0 cm³/mol. The van der Waals surface area contributed by atoms with Crippen molar-refractivity contribution in [3.05, 3.63) is 41.7 Å². The van der Waals surface area contributed by atoms with Crippen molar-refractivity contribution in [2.75, 3.05) is 11.9 Å². The van der Waals surface area contributed by atoms with E-state index in [1.165, 1.54) is 12.1 Å². The molecule has 4 nitrogen and oxygen atoms in total. The Hall–Kier alpha value is -2.24. The minimum atomic E-state index is -1.04. The molecule has 1 N–H and O–H groups in total. The molecule has 0 radical (unpaired) electrons. The number of rotatable bonds is 5. The predicted octanol–water partition coefficient (Wildman–Crippen LogP) is 3.68. The molecule has 0 unspecified atom stereocenters. The van der Waals surface area contributed by atoms with Gasteiger partial charge in [0.1, 0.15) is 11.6 Å². The highest BCUT2D eigenvalue weighted by molar-refractivity contribution is 5.40. The molecule has 0 amide bonds. The molecule has 0 saturated carbocycles. The van der Waals surface area contributed by atoms with Crippen LogP contribution in [0.4, 0.5) is 14.6 Å². The Morgan fingerprint density at radius 1 is 1.25 bits per heavy atom. The van der Waals surface area contributed by atoms with Crippen molar-refractivity contribution >= 4 is 5.82 Å². The third kappa shape index (κ3) is 3.40. The molecule has 1 aromatic carbocycles. The Labute approximate surface area is 115 Å². The number of nitrogens with one attached hydrogen (secondary N) is 1. The van der Waals surface area contributed by atoms with E-state index in [4.69, 9.17) is 4.74 Å². The Morgan fingerprint density at radius 2 is 2.05 bits per heavy atom. The van der Waals surface area contributed by atoms with Gasteiger partial charge in [-0.3, -0.25) is 0 Å². The molecule has 20 heavy (non-hydrogen) atoms. The van der Waals surface area contributed by atoms with E-state index in [9.17, 15) is 8.78 Å². The summed E-state index contributed by atoms with van der Waals surface area (Å²) in [5, 5.41) is 3.09. The first-order valence-corrected chi connectivity index (χ1v) is 6.31. The van der Waals surface area contributed by atoms with Crippen molar-refractivity contribution in [2.24, 2.45) is 0 Å². The van der Waals surface area contributed by atoms with Gasteiger partial charge in [0.15, 0.2) is 11.6 Å². The molecule has 0 saturated heterocycles. The lowest BCUT2D eigenvalue weighted by molar-refractivity contribution is 0.404. The number of benzene rings is 1. The third-order valence-electron chi connectivity index (χ3n) is 2.50. The van der Waals surface area contributed by atoms with Gasteiger partial charge in [-0.2, -0.15) is 9.37 Å². The van der Waals surface area contributed by atoms with E-state index in [1.807, 2.05) is 6.92 Å². The topological polar surface area (TPSA) is 47.0 Å². The zero-order valence-electron chi connectivity index (χ0n) is 11.3. The van der Waals surface area contributed by atoms with Crippen LogP contribution >= 0.6 is 0 Å². The van der Waals surface area contributed by atoms with Gasteiger partial charge in [0, 0.05) is 12.6 Å². The number of nitrogens with zero attached hydrogens (tertiary/aromatic N) is 2. The highest BCUT2D eigenvalue weighted by Crippen LogP contribution is 2.25. The summed E-state index contributed by atoms with van der Waals surface area (Å²) >= 11 is 0. The molecule has 2 rings (SSSR count). The summed E-state index contributed by atoms with van der Waals surface area (Å²) in [6.07, 6.45) is 0.942. The number of ether oxygens (including phenoxy) is 1. The lowest BCUT2D eigenvalue weighted by Crippen LogP contribution is -2.04. The second kappa shape index (κ2) is 6.27. The van der Waals surface area contributed by atoms with Crippen molar-refractivity contribution in [2.45, 2.75) is 20.3 Å².